The lowest BCUT2D eigenvalue weighted by molar-refractivity contribution is -0.159. The van der Waals surface area contributed by atoms with E-state index in [1.54, 1.807) is 12.4 Å². The summed E-state index contributed by atoms with van der Waals surface area (Å²) in [7, 11) is 1.20. The van der Waals surface area contributed by atoms with Gasteiger partial charge >= 0.3 is 11.9 Å². The number of nitrogen functional groups attached to an aromatic ring is 1. The first kappa shape index (κ1) is 41.0. The number of carbonyl (C=O) groups is 4. The Balaban J connectivity index is 0.000000164. The third kappa shape index (κ3) is 8.99. The molecule has 0 spiro atoms. The number of benzene rings is 4. The molecule has 0 bridgehead atoms. The number of pyridine rings is 2. The largest absolute Gasteiger partial charge is 0.480 e. The van der Waals surface area contributed by atoms with E-state index in [0.717, 1.165) is 50.3 Å². The zero-order valence-electron chi connectivity index (χ0n) is 33.5. The molecule has 3 N–H and O–H groups in total. The maximum atomic E-state index is 12.5. The number of carbonyl (C=O) groups excluding carboxylic acids is 3. The summed E-state index contributed by atoms with van der Waals surface area (Å²) < 4.78 is 16.4. The average Bonchev–Trinajstić information content (AvgIpc) is 4.14. The van der Waals surface area contributed by atoms with Crippen molar-refractivity contribution in [3.8, 4) is 23.0 Å². The molecule has 58 heavy (non-hydrogen) atoms. The lowest BCUT2D eigenvalue weighted by Crippen LogP contribution is -2.26. The molecule has 8 rings (SSSR count). The number of Topliss-reactive ketones (excluding diaryl/α,β-unsaturated/α-hetero) is 2. The summed E-state index contributed by atoms with van der Waals surface area (Å²) >= 11 is 0. The molecule has 2 aliphatic carbocycles. The Labute approximate surface area is 337 Å². The van der Waals surface area contributed by atoms with Crippen LogP contribution in [0, 0.1) is 38.5 Å². The van der Waals surface area contributed by atoms with Crippen LogP contribution < -0.4 is 15.2 Å². The molecule has 0 amide bonds. The fourth-order valence-electron chi connectivity index (χ4n) is 6.54. The Hall–Kier alpha value is -6.62. The maximum Gasteiger partial charge on any atom is 0.323 e. The molecule has 6 aromatic rings. The van der Waals surface area contributed by atoms with Crippen molar-refractivity contribution in [3.63, 3.8) is 0 Å². The molecule has 0 radical (unpaired) electrons. The summed E-state index contributed by atoms with van der Waals surface area (Å²) in [5.41, 5.74) is 12.1. The molecule has 2 fully saturated rings. The molecule has 2 aromatic heterocycles. The zero-order chi connectivity index (χ0) is 41.8. The molecule has 11 heteroatoms. The smallest absolute Gasteiger partial charge is 0.323 e. The van der Waals surface area contributed by atoms with Crippen LogP contribution in [0.15, 0.2) is 97.3 Å². The molecule has 0 saturated heterocycles. The Kier molecular flexibility index (Phi) is 11.9. The summed E-state index contributed by atoms with van der Waals surface area (Å²) in [6.07, 6.45) is 6.01. The number of esters is 1. The van der Waals surface area contributed by atoms with Crippen LogP contribution in [0.1, 0.15) is 60.4 Å². The summed E-state index contributed by atoms with van der Waals surface area (Å²) in [5.74, 6) is 1.36. The summed E-state index contributed by atoms with van der Waals surface area (Å²) in [6, 6.07) is 27.0. The lowest BCUT2D eigenvalue weighted by atomic mass is 9.92. The van der Waals surface area contributed by atoms with E-state index in [1.165, 1.54) is 36.3 Å². The van der Waals surface area contributed by atoms with Crippen molar-refractivity contribution < 1.29 is 38.5 Å². The molecular weight excluding hydrogens is 735 g/mol. The van der Waals surface area contributed by atoms with E-state index < -0.39 is 22.8 Å². The standard InChI is InChI=1S/C24H23NO3.C17H16N2O.C6H8O4/c1-15-12-20-21(13-16(15)2)25-11-8-22(20)28-19-6-4-18(5-7-19)14-23(27)24(9-10-24)17(3)26;1-11-9-15-16(10-12(11)2)19-8-7-17(15)20-14-5-3-13(18)4-6-14;1-10-5(9)6(2-3-6)4(7)8/h4-8,11-13H,9-10,14H2,1-3H3;3-10H,18H2,1-2H3;2-3H2,1H3,(H,7,8). The highest BCUT2D eigenvalue weighted by molar-refractivity contribution is 6.09. The monoisotopic (exact) mass is 781 g/mol. The zero-order valence-corrected chi connectivity index (χ0v) is 33.5. The van der Waals surface area contributed by atoms with Crippen molar-refractivity contribution in [1.82, 2.24) is 9.97 Å². The Morgan fingerprint density at radius 3 is 1.47 bits per heavy atom. The number of hydrogen-bond donors (Lipinski definition) is 2. The summed E-state index contributed by atoms with van der Waals surface area (Å²) in [4.78, 5) is 54.1. The van der Waals surface area contributed by atoms with Gasteiger partial charge in [0.1, 0.15) is 28.8 Å². The maximum absolute atomic E-state index is 12.5. The van der Waals surface area contributed by atoms with E-state index in [4.69, 9.17) is 20.3 Å². The van der Waals surface area contributed by atoms with Gasteiger partial charge in [-0.25, -0.2) is 0 Å². The van der Waals surface area contributed by atoms with E-state index >= 15 is 0 Å². The molecule has 11 nitrogen and oxygen atoms in total. The van der Waals surface area contributed by atoms with Crippen molar-refractivity contribution in [2.45, 2.75) is 66.7 Å². The third-order valence-corrected chi connectivity index (χ3v) is 11.0. The first-order chi connectivity index (χ1) is 27.6. The number of aromatic nitrogens is 2. The second-order valence-corrected chi connectivity index (χ2v) is 15.1. The average molecular weight is 782 g/mol. The van der Waals surface area contributed by atoms with Gasteiger partial charge in [0.05, 0.1) is 23.6 Å². The number of nitrogens with zero attached hydrogens (tertiary/aromatic N) is 2. The van der Waals surface area contributed by atoms with Gasteiger partial charge in [0, 0.05) is 35.3 Å². The number of aryl methyl sites for hydroxylation is 4. The number of carboxylic acid groups (broad SMARTS) is 1. The molecule has 0 unspecified atom stereocenters. The number of fused-ring (bicyclic) bond motifs is 2. The van der Waals surface area contributed by atoms with Crippen molar-refractivity contribution in [3.05, 3.63) is 125 Å². The fraction of sp³-hybridized carbons (Fsp3) is 0.277. The van der Waals surface area contributed by atoms with Crippen molar-refractivity contribution in [1.29, 1.82) is 0 Å². The van der Waals surface area contributed by atoms with Crippen LogP contribution in [0.3, 0.4) is 0 Å². The second kappa shape index (κ2) is 16.9. The van der Waals surface area contributed by atoms with Gasteiger partial charge in [-0.05, 0) is 161 Å². The molecule has 0 aliphatic heterocycles. The first-order valence-corrected chi connectivity index (χ1v) is 19.0. The summed E-state index contributed by atoms with van der Waals surface area (Å²) in [6.45, 7) is 9.84. The second-order valence-electron chi connectivity index (χ2n) is 15.1. The van der Waals surface area contributed by atoms with Crippen LogP contribution in [0.25, 0.3) is 21.8 Å². The number of hydrogen-bond acceptors (Lipinski definition) is 10. The van der Waals surface area contributed by atoms with Crippen LogP contribution in [0.5, 0.6) is 23.0 Å². The predicted octanol–water partition coefficient (Wildman–Crippen LogP) is 9.38. The topological polar surface area (TPSA) is 168 Å². The number of methoxy groups -OCH3 is 1. The van der Waals surface area contributed by atoms with E-state index in [1.807, 2.05) is 60.7 Å². The quantitative estimate of drug-likeness (QED) is 0.0772. The van der Waals surface area contributed by atoms with Gasteiger partial charge in [0.2, 0.25) is 0 Å². The number of anilines is 1. The fourth-order valence-corrected chi connectivity index (χ4v) is 6.54. The lowest BCUT2D eigenvalue weighted by Gasteiger charge is -2.12. The van der Waals surface area contributed by atoms with Gasteiger partial charge in [-0.15, -0.1) is 0 Å². The van der Waals surface area contributed by atoms with Gasteiger partial charge in [-0.2, -0.15) is 0 Å². The molecule has 2 heterocycles. The third-order valence-electron chi connectivity index (χ3n) is 11.0. The Morgan fingerprint density at radius 1 is 0.655 bits per heavy atom. The molecule has 2 saturated carbocycles. The number of rotatable bonds is 10. The number of carboxylic acids is 1. The molecule has 4 aromatic carbocycles. The SMILES string of the molecule is CC(=O)C1(C(=O)Cc2ccc(Oc3ccnc4cc(C)c(C)cc34)cc2)CC1.COC(=O)C1(C(=O)O)CC1.Cc1cc2nccc(Oc3ccc(N)cc3)c2cc1C. The van der Waals surface area contributed by atoms with Crippen LogP contribution in [0.2, 0.25) is 0 Å². The highest BCUT2D eigenvalue weighted by Crippen LogP contribution is 2.48. The molecule has 298 valence electrons. The van der Waals surface area contributed by atoms with Crippen molar-refractivity contribution in [2.75, 3.05) is 12.8 Å². The van der Waals surface area contributed by atoms with E-state index in [0.29, 0.717) is 31.4 Å². The van der Waals surface area contributed by atoms with E-state index in [-0.39, 0.29) is 18.0 Å². The molecule has 2 aliphatic rings. The highest BCUT2D eigenvalue weighted by atomic mass is 16.5. The van der Waals surface area contributed by atoms with Gasteiger partial charge in [-0.3, -0.25) is 29.1 Å². The minimum atomic E-state index is -1.19. The van der Waals surface area contributed by atoms with Crippen molar-refractivity contribution in [2.24, 2.45) is 10.8 Å². The summed E-state index contributed by atoms with van der Waals surface area (Å²) in [5, 5.41) is 10.5. The van der Waals surface area contributed by atoms with E-state index in [2.05, 4.69) is 66.7 Å². The highest BCUT2D eigenvalue weighted by Gasteiger charge is 2.58. The minimum Gasteiger partial charge on any atom is -0.480 e. The minimum absolute atomic E-state index is 0.00690. The molecule has 0 atom stereocenters. The number of aliphatic carboxylic acids is 1. The van der Waals surface area contributed by atoms with Crippen molar-refractivity contribution >= 4 is 51.0 Å². The number of ketones is 2. The van der Waals surface area contributed by atoms with Gasteiger partial charge in [0.25, 0.3) is 0 Å². The Morgan fingerprint density at radius 2 is 1.09 bits per heavy atom. The number of nitrogens with two attached hydrogens (primary N) is 1. The van der Waals surface area contributed by atoms with Crippen LogP contribution in [-0.4, -0.2) is 45.7 Å². The Bertz CT molecular complexity index is 2520. The van der Waals surface area contributed by atoms with Gasteiger partial charge in [-0.1, -0.05) is 12.1 Å². The van der Waals surface area contributed by atoms with Gasteiger partial charge < -0.3 is 25.1 Å². The van der Waals surface area contributed by atoms with Crippen LogP contribution in [-0.2, 0) is 30.3 Å². The number of ether oxygens (including phenoxy) is 3. The normalized spacial score (nSPS) is 14.2. The van der Waals surface area contributed by atoms with Crippen LogP contribution in [0.4, 0.5) is 5.69 Å². The predicted molar refractivity (Wildman–Crippen MR) is 222 cm³/mol. The molecular formula is C47H47N3O8. The van der Waals surface area contributed by atoms with Crippen LogP contribution >= 0.6 is 0 Å². The van der Waals surface area contributed by atoms with Gasteiger partial charge in [0.15, 0.2) is 11.2 Å². The van der Waals surface area contributed by atoms with E-state index in [9.17, 15) is 19.2 Å². The first-order valence-electron chi connectivity index (χ1n) is 19.0.